The van der Waals surface area contributed by atoms with Crippen molar-refractivity contribution in [1.29, 1.82) is 0 Å². The SMILES string of the molecule is C=CCC[C@H]1CCC(=O)N1S(=O)(=O)c1ccc(C)cc1. The number of rotatable bonds is 5. The molecule has 1 aromatic rings. The maximum absolute atomic E-state index is 12.6. The number of sulfonamides is 1. The fourth-order valence-electron chi connectivity index (χ4n) is 2.45. The molecule has 4 nitrogen and oxygen atoms in total. The largest absolute Gasteiger partial charge is 0.274 e. The van der Waals surface area contributed by atoms with Crippen LogP contribution >= 0.6 is 0 Å². The standard InChI is InChI=1S/C15H19NO3S/c1-3-4-5-13-8-11-15(17)16(13)20(18,19)14-9-6-12(2)7-10-14/h3,6-7,9-10,13H,1,4-5,8,11H2,2H3/t13-/m0/s1. The Labute approximate surface area is 120 Å². The van der Waals surface area contributed by atoms with E-state index in [9.17, 15) is 13.2 Å². The van der Waals surface area contributed by atoms with Crippen LogP contribution in [0.2, 0.25) is 0 Å². The van der Waals surface area contributed by atoms with Crippen molar-refractivity contribution in [3.05, 3.63) is 42.5 Å². The summed E-state index contributed by atoms with van der Waals surface area (Å²) in [6, 6.07) is 6.35. The van der Waals surface area contributed by atoms with Crippen LogP contribution in [-0.2, 0) is 14.8 Å². The summed E-state index contributed by atoms with van der Waals surface area (Å²) in [4.78, 5) is 12.1. The quantitative estimate of drug-likeness (QED) is 0.784. The van der Waals surface area contributed by atoms with Gasteiger partial charge in [0.05, 0.1) is 4.90 Å². The maximum atomic E-state index is 12.6. The molecule has 0 aliphatic carbocycles. The number of allylic oxidation sites excluding steroid dienone is 1. The number of hydrogen-bond donors (Lipinski definition) is 0. The van der Waals surface area contributed by atoms with Crippen molar-refractivity contribution in [2.45, 2.75) is 43.5 Å². The van der Waals surface area contributed by atoms with E-state index in [4.69, 9.17) is 0 Å². The Balaban J connectivity index is 2.33. The smallest absolute Gasteiger partial charge is 0.266 e. The summed E-state index contributed by atoms with van der Waals surface area (Å²) in [6.07, 6.45) is 3.99. The van der Waals surface area contributed by atoms with Crippen LogP contribution < -0.4 is 0 Å². The van der Waals surface area contributed by atoms with Gasteiger partial charge in [-0.1, -0.05) is 23.8 Å². The Hall–Kier alpha value is -1.62. The van der Waals surface area contributed by atoms with Crippen LogP contribution in [0.3, 0.4) is 0 Å². The van der Waals surface area contributed by atoms with Crippen LogP contribution in [0.15, 0.2) is 41.8 Å². The summed E-state index contributed by atoms with van der Waals surface area (Å²) < 4.78 is 26.3. The highest BCUT2D eigenvalue weighted by Crippen LogP contribution is 2.29. The number of benzene rings is 1. The molecule has 1 saturated heterocycles. The lowest BCUT2D eigenvalue weighted by atomic mass is 10.1. The Morgan fingerprint density at radius 1 is 1.35 bits per heavy atom. The molecule has 0 spiro atoms. The van der Waals surface area contributed by atoms with Crippen LogP contribution in [0.25, 0.3) is 0 Å². The van der Waals surface area contributed by atoms with E-state index in [1.54, 1.807) is 30.3 Å². The van der Waals surface area contributed by atoms with E-state index in [0.717, 1.165) is 9.87 Å². The second-order valence-corrected chi connectivity index (χ2v) is 6.88. The normalized spacial score (nSPS) is 19.4. The maximum Gasteiger partial charge on any atom is 0.266 e. The van der Waals surface area contributed by atoms with E-state index < -0.39 is 10.0 Å². The number of hydrogen-bond acceptors (Lipinski definition) is 3. The predicted molar refractivity (Wildman–Crippen MR) is 77.7 cm³/mol. The van der Waals surface area contributed by atoms with Gasteiger partial charge in [0, 0.05) is 12.5 Å². The van der Waals surface area contributed by atoms with Gasteiger partial charge in [0.1, 0.15) is 0 Å². The minimum Gasteiger partial charge on any atom is -0.274 e. The van der Waals surface area contributed by atoms with Gasteiger partial charge in [-0.2, -0.15) is 0 Å². The van der Waals surface area contributed by atoms with E-state index >= 15 is 0 Å². The first-order chi connectivity index (χ1) is 9.46. The van der Waals surface area contributed by atoms with Crippen LogP contribution in [-0.4, -0.2) is 24.7 Å². The molecule has 0 unspecified atom stereocenters. The number of amides is 1. The molecule has 5 heteroatoms. The molecule has 0 aromatic heterocycles. The Kier molecular flexibility index (Phi) is 4.28. The number of aryl methyl sites for hydroxylation is 1. The first-order valence-electron chi connectivity index (χ1n) is 6.71. The highest BCUT2D eigenvalue weighted by atomic mass is 32.2. The van der Waals surface area contributed by atoms with E-state index in [2.05, 4.69) is 6.58 Å². The minimum absolute atomic E-state index is 0.182. The van der Waals surface area contributed by atoms with Crippen molar-refractivity contribution >= 4 is 15.9 Å². The molecule has 20 heavy (non-hydrogen) atoms. The lowest BCUT2D eigenvalue weighted by Crippen LogP contribution is -2.38. The number of carbonyl (C=O) groups excluding carboxylic acids is 1. The fourth-order valence-corrected chi connectivity index (χ4v) is 4.12. The van der Waals surface area contributed by atoms with Crippen LogP contribution in [0.4, 0.5) is 0 Å². The summed E-state index contributed by atoms with van der Waals surface area (Å²) in [5.74, 6) is -0.306. The van der Waals surface area contributed by atoms with Crippen LogP contribution in [0.1, 0.15) is 31.2 Å². The van der Waals surface area contributed by atoms with Gasteiger partial charge in [0.25, 0.3) is 10.0 Å². The highest BCUT2D eigenvalue weighted by molar-refractivity contribution is 7.89. The van der Waals surface area contributed by atoms with Crippen molar-refractivity contribution in [2.75, 3.05) is 0 Å². The Morgan fingerprint density at radius 2 is 2.00 bits per heavy atom. The topological polar surface area (TPSA) is 54.5 Å². The number of nitrogens with zero attached hydrogens (tertiary/aromatic N) is 1. The van der Waals surface area contributed by atoms with Gasteiger partial charge in [-0.3, -0.25) is 4.79 Å². The van der Waals surface area contributed by atoms with Gasteiger partial charge in [-0.25, -0.2) is 12.7 Å². The third kappa shape index (κ3) is 2.77. The molecule has 1 aliphatic rings. The molecule has 1 atom stereocenters. The van der Waals surface area contributed by atoms with Crippen LogP contribution in [0, 0.1) is 6.92 Å². The molecule has 0 radical (unpaired) electrons. The van der Waals surface area contributed by atoms with E-state index in [1.165, 1.54) is 0 Å². The lowest BCUT2D eigenvalue weighted by Gasteiger charge is -2.24. The molecule has 1 amide bonds. The third-order valence-corrected chi connectivity index (χ3v) is 5.44. The first-order valence-corrected chi connectivity index (χ1v) is 8.15. The van der Waals surface area contributed by atoms with Crippen molar-refractivity contribution in [1.82, 2.24) is 4.31 Å². The Bertz CT molecular complexity index is 605. The van der Waals surface area contributed by atoms with Gasteiger partial charge >= 0.3 is 0 Å². The zero-order chi connectivity index (χ0) is 14.8. The zero-order valence-corrected chi connectivity index (χ0v) is 12.4. The van der Waals surface area contributed by atoms with Gasteiger partial charge < -0.3 is 0 Å². The minimum atomic E-state index is -3.73. The monoisotopic (exact) mass is 293 g/mol. The highest BCUT2D eigenvalue weighted by Gasteiger charge is 2.39. The molecular formula is C15H19NO3S. The lowest BCUT2D eigenvalue weighted by molar-refractivity contribution is -0.124. The zero-order valence-electron chi connectivity index (χ0n) is 11.6. The molecular weight excluding hydrogens is 274 g/mol. The summed E-state index contributed by atoms with van der Waals surface area (Å²) in [6.45, 7) is 5.54. The molecule has 2 rings (SSSR count). The second-order valence-electron chi connectivity index (χ2n) is 5.07. The van der Waals surface area contributed by atoms with Crippen molar-refractivity contribution in [3.8, 4) is 0 Å². The average Bonchev–Trinajstić information content (AvgIpc) is 2.78. The van der Waals surface area contributed by atoms with E-state index in [-0.39, 0.29) is 16.8 Å². The summed E-state index contributed by atoms with van der Waals surface area (Å²) in [7, 11) is -3.73. The average molecular weight is 293 g/mol. The molecule has 1 aliphatic heterocycles. The van der Waals surface area contributed by atoms with Crippen LogP contribution in [0.5, 0.6) is 0 Å². The Morgan fingerprint density at radius 3 is 2.60 bits per heavy atom. The predicted octanol–water partition coefficient (Wildman–Crippen LogP) is 2.64. The van der Waals surface area contributed by atoms with Gasteiger partial charge in [-0.15, -0.1) is 6.58 Å². The second kappa shape index (κ2) is 5.79. The van der Waals surface area contributed by atoms with E-state index in [0.29, 0.717) is 25.7 Å². The molecule has 0 saturated carbocycles. The molecule has 1 heterocycles. The molecule has 1 aromatic carbocycles. The summed E-state index contributed by atoms with van der Waals surface area (Å²) >= 11 is 0. The summed E-state index contributed by atoms with van der Waals surface area (Å²) in [5.41, 5.74) is 0.986. The molecule has 0 N–H and O–H groups in total. The fraction of sp³-hybridized carbons (Fsp3) is 0.400. The molecule has 0 bridgehead atoms. The van der Waals surface area contributed by atoms with E-state index in [1.807, 2.05) is 6.92 Å². The van der Waals surface area contributed by atoms with Crippen molar-refractivity contribution in [2.24, 2.45) is 0 Å². The van der Waals surface area contributed by atoms with Gasteiger partial charge in [0.15, 0.2) is 0 Å². The van der Waals surface area contributed by atoms with Gasteiger partial charge in [-0.05, 0) is 38.3 Å². The van der Waals surface area contributed by atoms with Crippen molar-refractivity contribution < 1.29 is 13.2 Å². The summed E-state index contributed by atoms with van der Waals surface area (Å²) in [5, 5.41) is 0. The van der Waals surface area contributed by atoms with Crippen molar-refractivity contribution in [3.63, 3.8) is 0 Å². The third-order valence-electron chi connectivity index (χ3n) is 3.55. The first kappa shape index (κ1) is 14.8. The molecule has 108 valence electrons. The van der Waals surface area contributed by atoms with Gasteiger partial charge in [0.2, 0.25) is 5.91 Å². The number of carbonyl (C=O) groups is 1. The molecule has 1 fully saturated rings.